The SMILES string of the molecule is CC(OCCn1ccnc1-c1ccccc1)C(=O)O. The van der Waals surface area contributed by atoms with Gasteiger partial charge in [-0.25, -0.2) is 9.78 Å². The highest BCUT2D eigenvalue weighted by molar-refractivity contribution is 5.71. The van der Waals surface area contributed by atoms with Crippen LogP contribution in [0.4, 0.5) is 0 Å². The molecule has 0 radical (unpaired) electrons. The van der Waals surface area contributed by atoms with Crippen LogP contribution >= 0.6 is 0 Å². The molecule has 2 aromatic rings. The summed E-state index contributed by atoms with van der Waals surface area (Å²) in [4.78, 5) is 14.9. The number of ether oxygens (including phenoxy) is 1. The molecule has 100 valence electrons. The third kappa shape index (κ3) is 3.42. The Hall–Kier alpha value is -2.14. The van der Waals surface area contributed by atoms with E-state index in [0.29, 0.717) is 13.2 Å². The van der Waals surface area contributed by atoms with E-state index in [2.05, 4.69) is 4.98 Å². The first-order chi connectivity index (χ1) is 9.18. The van der Waals surface area contributed by atoms with Crippen molar-refractivity contribution in [2.45, 2.75) is 19.6 Å². The monoisotopic (exact) mass is 260 g/mol. The summed E-state index contributed by atoms with van der Waals surface area (Å²) in [6.45, 7) is 2.43. The van der Waals surface area contributed by atoms with Gasteiger partial charge < -0.3 is 14.4 Å². The number of aliphatic carboxylic acids is 1. The molecule has 1 heterocycles. The lowest BCUT2D eigenvalue weighted by Crippen LogP contribution is -2.22. The molecule has 1 aromatic carbocycles. The first kappa shape index (κ1) is 13.3. The zero-order valence-corrected chi connectivity index (χ0v) is 10.7. The molecule has 0 bridgehead atoms. The van der Waals surface area contributed by atoms with Crippen molar-refractivity contribution in [3.05, 3.63) is 42.7 Å². The Balaban J connectivity index is 1.99. The molecule has 1 N–H and O–H groups in total. The fourth-order valence-corrected chi connectivity index (χ4v) is 1.74. The van der Waals surface area contributed by atoms with E-state index in [4.69, 9.17) is 9.84 Å². The van der Waals surface area contributed by atoms with E-state index in [1.165, 1.54) is 6.92 Å². The lowest BCUT2D eigenvalue weighted by molar-refractivity contribution is -0.149. The van der Waals surface area contributed by atoms with Crippen LogP contribution in [0.1, 0.15) is 6.92 Å². The van der Waals surface area contributed by atoms with Crippen LogP contribution < -0.4 is 0 Å². The predicted molar refractivity (Wildman–Crippen MR) is 70.7 cm³/mol. The molecule has 5 heteroatoms. The van der Waals surface area contributed by atoms with Crippen molar-refractivity contribution >= 4 is 5.97 Å². The van der Waals surface area contributed by atoms with E-state index in [-0.39, 0.29) is 0 Å². The lowest BCUT2D eigenvalue weighted by atomic mass is 10.2. The van der Waals surface area contributed by atoms with Gasteiger partial charge in [-0.2, -0.15) is 0 Å². The van der Waals surface area contributed by atoms with Crippen molar-refractivity contribution in [1.82, 2.24) is 9.55 Å². The highest BCUT2D eigenvalue weighted by Gasteiger charge is 2.11. The summed E-state index contributed by atoms with van der Waals surface area (Å²) in [5.74, 6) is -0.0962. The third-order valence-corrected chi connectivity index (χ3v) is 2.80. The second-order valence-corrected chi connectivity index (χ2v) is 4.16. The van der Waals surface area contributed by atoms with Crippen molar-refractivity contribution in [2.24, 2.45) is 0 Å². The van der Waals surface area contributed by atoms with Gasteiger partial charge >= 0.3 is 5.97 Å². The van der Waals surface area contributed by atoms with Gasteiger partial charge in [-0.05, 0) is 6.92 Å². The molecule has 0 fully saturated rings. The van der Waals surface area contributed by atoms with Crippen molar-refractivity contribution in [2.75, 3.05) is 6.61 Å². The lowest BCUT2D eigenvalue weighted by Gasteiger charge is -2.11. The minimum atomic E-state index is -0.950. The van der Waals surface area contributed by atoms with Crippen molar-refractivity contribution in [3.8, 4) is 11.4 Å². The number of hydrogen-bond donors (Lipinski definition) is 1. The average molecular weight is 260 g/mol. The molecule has 19 heavy (non-hydrogen) atoms. The summed E-state index contributed by atoms with van der Waals surface area (Å²) >= 11 is 0. The number of benzene rings is 1. The molecular weight excluding hydrogens is 244 g/mol. The number of carboxylic acids is 1. The maximum Gasteiger partial charge on any atom is 0.332 e. The highest BCUT2D eigenvalue weighted by Crippen LogP contribution is 2.16. The van der Waals surface area contributed by atoms with E-state index in [0.717, 1.165) is 11.4 Å². The molecule has 0 saturated carbocycles. The van der Waals surface area contributed by atoms with Gasteiger partial charge in [0.25, 0.3) is 0 Å². The van der Waals surface area contributed by atoms with Crippen LogP contribution in [0.5, 0.6) is 0 Å². The Labute approximate surface area is 111 Å². The van der Waals surface area contributed by atoms with Crippen LogP contribution in [-0.2, 0) is 16.1 Å². The molecule has 0 aliphatic heterocycles. The van der Waals surface area contributed by atoms with Crippen LogP contribution in [0, 0.1) is 0 Å². The topological polar surface area (TPSA) is 64.4 Å². The molecule has 0 amide bonds. The molecule has 2 rings (SSSR count). The molecular formula is C14H16N2O3. The first-order valence-corrected chi connectivity index (χ1v) is 6.09. The predicted octanol–water partition coefficient (Wildman–Crippen LogP) is 2.04. The maximum atomic E-state index is 10.6. The summed E-state index contributed by atoms with van der Waals surface area (Å²) in [6, 6.07) is 9.84. The van der Waals surface area contributed by atoms with E-state index < -0.39 is 12.1 Å². The minimum Gasteiger partial charge on any atom is -0.479 e. The number of nitrogens with zero attached hydrogens (tertiary/aromatic N) is 2. The summed E-state index contributed by atoms with van der Waals surface area (Å²) in [6.07, 6.45) is 2.80. The third-order valence-electron chi connectivity index (χ3n) is 2.80. The molecule has 0 aliphatic rings. The van der Waals surface area contributed by atoms with Crippen LogP contribution in [-0.4, -0.2) is 33.3 Å². The van der Waals surface area contributed by atoms with Gasteiger partial charge in [-0.15, -0.1) is 0 Å². The van der Waals surface area contributed by atoms with Gasteiger partial charge in [-0.3, -0.25) is 0 Å². The van der Waals surface area contributed by atoms with Crippen LogP contribution in [0.3, 0.4) is 0 Å². The smallest absolute Gasteiger partial charge is 0.332 e. The highest BCUT2D eigenvalue weighted by atomic mass is 16.5. The van der Waals surface area contributed by atoms with Gasteiger partial charge in [0.2, 0.25) is 0 Å². The average Bonchev–Trinajstić information content (AvgIpc) is 2.88. The van der Waals surface area contributed by atoms with E-state index in [1.807, 2.05) is 41.1 Å². The normalized spacial score (nSPS) is 12.3. The Morgan fingerprint density at radius 3 is 2.84 bits per heavy atom. The standard InChI is InChI=1S/C14H16N2O3/c1-11(14(17)18)19-10-9-16-8-7-15-13(16)12-5-3-2-4-6-12/h2-8,11H,9-10H2,1H3,(H,17,18). The fraction of sp³-hybridized carbons (Fsp3) is 0.286. The summed E-state index contributed by atoms with van der Waals surface area (Å²) in [5.41, 5.74) is 1.03. The zero-order chi connectivity index (χ0) is 13.7. The van der Waals surface area contributed by atoms with Gasteiger partial charge in [0.15, 0.2) is 6.10 Å². The maximum absolute atomic E-state index is 10.6. The summed E-state index contributed by atoms with van der Waals surface area (Å²) < 4.78 is 7.17. The summed E-state index contributed by atoms with van der Waals surface area (Å²) in [5, 5.41) is 8.73. The second kappa shape index (κ2) is 6.15. The number of carboxylic acid groups (broad SMARTS) is 1. The Bertz CT molecular complexity index is 537. The van der Waals surface area contributed by atoms with E-state index >= 15 is 0 Å². The van der Waals surface area contributed by atoms with Crippen molar-refractivity contribution in [1.29, 1.82) is 0 Å². The van der Waals surface area contributed by atoms with E-state index in [9.17, 15) is 4.79 Å². The first-order valence-electron chi connectivity index (χ1n) is 6.09. The molecule has 1 unspecified atom stereocenters. The van der Waals surface area contributed by atoms with Crippen LogP contribution in [0.2, 0.25) is 0 Å². The quantitative estimate of drug-likeness (QED) is 0.863. The molecule has 0 spiro atoms. The zero-order valence-electron chi connectivity index (χ0n) is 10.7. The van der Waals surface area contributed by atoms with Gasteiger partial charge in [0.1, 0.15) is 5.82 Å². The number of carbonyl (C=O) groups is 1. The number of rotatable bonds is 6. The Kier molecular flexibility index (Phi) is 4.30. The second-order valence-electron chi connectivity index (χ2n) is 4.16. The molecule has 0 saturated heterocycles. The Morgan fingerprint density at radius 1 is 1.42 bits per heavy atom. The minimum absolute atomic E-state index is 0.337. The van der Waals surface area contributed by atoms with Crippen molar-refractivity contribution in [3.63, 3.8) is 0 Å². The van der Waals surface area contributed by atoms with Gasteiger partial charge in [-0.1, -0.05) is 30.3 Å². The van der Waals surface area contributed by atoms with Crippen molar-refractivity contribution < 1.29 is 14.6 Å². The summed E-state index contributed by atoms with van der Waals surface area (Å²) in [7, 11) is 0. The van der Waals surface area contributed by atoms with E-state index in [1.54, 1.807) is 6.20 Å². The van der Waals surface area contributed by atoms with Gasteiger partial charge in [0, 0.05) is 24.5 Å². The molecule has 0 aliphatic carbocycles. The van der Waals surface area contributed by atoms with Crippen LogP contribution in [0.15, 0.2) is 42.7 Å². The Morgan fingerprint density at radius 2 is 2.16 bits per heavy atom. The van der Waals surface area contributed by atoms with Crippen LogP contribution in [0.25, 0.3) is 11.4 Å². The van der Waals surface area contributed by atoms with Gasteiger partial charge in [0.05, 0.1) is 6.61 Å². The largest absolute Gasteiger partial charge is 0.479 e. The molecule has 1 aromatic heterocycles. The number of hydrogen-bond acceptors (Lipinski definition) is 3. The fourth-order valence-electron chi connectivity index (χ4n) is 1.74. The number of aromatic nitrogens is 2. The molecule has 1 atom stereocenters. The molecule has 5 nitrogen and oxygen atoms in total. The number of imidazole rings is 1.